The van der Waals surface area contributed by atoms with Gasteiger partial charge in [0.2, 0.25) is 4.77 Å². The number of carbonyl (C=O) groups is 1. The van der Waals surface area contributed by atoms with Crippen LogP contribution >= 0.6 is 12.2 Å². The Labute approximate surface area is 176 Å². The van der Waals surface area contributed by atoms with Crippen molar-refractivity contribution in [1.82, 2.24) is 28.9 Å². The molecule has 154 valence electrons. The number of piperazine rings is 1. The lowest BCUT2D eigenvalue weighted by molar-refractivity contribution is 0.0970. The molecular formula is C21H28N6OS. The molecule has 0 unspecified atom stereocenters. The van der Waals surface area contributed by atoms with Gasteiger partial charge < -0.3 is 9.80 Å². The number of urea groups is 1. The lowest BCUT2D eigenvalue weighted by atomic mass is 10.1. The summed E-state index contributed by atoms with van der Waals surface area (Å²) < 4.78 is 4.66. The summed E-state index contributed by atoms with van der Waals surface area (Å²) in [5, 5.41) is 5.96. The van der Waals surface area contributed by atoms with E-state index >= 15 is 0 Å². The van der Waals surface area contributed by atoms with Crippen molar-refractivity contribution < 1.29 is 4.79 Å². The maximum atomic E-state index is 12.5. The zero-order chi connectivity index (χ0) is 20.5. The molecule has 3 heterocycles. The first kappa shape index (κ1) is 19.8. The van der Waals surface area contributed by atoms with Gasteiger partial charge in [-0.1, -0.05) is 18.2 Å². The molecular weight excluding hydrogens is 384 g/mol. The second-order valence-electron chi connectivity index (χ2n) is 7.52. The quantitative estimate of drug-likeness (QED) is 0.617. The lowest BCUT2D eigenvalue weighted by Gasteiger charge is -2.36. The van der Waals surface area contributed by atoms with Gasteiger partial charge in [-0.05, 0) is 50.7 Å². The van der Waals surface area contributed by atoms with E-state index in [0.29, 0.717) is 11.4 Å². The second-order valence-corrected chi connectivity index (χ2v) is 7.89. The van der Waals surface area contributed by atoms with Crippen LogP contribution in [0.3, 0.4) is 0 Å². The molecule has 4 rings (SSSR count). The van der Waals surface area contributed by atoms with E-state index in [1.807, 2.05) is 40.5 Å². The number of aromatic nitrogens is 3. The molecule has 0 spiro atoms. The van der Waals surface area contributed by atoms with Gasteiger partial charge in [-0.25, -0.2) is 9.48 Å². The van der Waals surface area contributed by atoms with Crippen LogP contribution in [0, 0.1) is 11.7 Å². The lowest BCUT2D eigenvalue weighted by Crippen LogP contribution is -2.53. The topological polar surface area (TPSA) is 49.0 Å². The molecule has 7 nitrogen and oxygen atoms in total. The van der Waals surface area contributed by atoms with Crippen LogP contribution in [-0.4, -0.2) is 74.2 Å². The second kappa shape index (κ2) is 8.12. The number of benzene rings is 1. The number of aryl methyl sites for hydroxylation is 1. The van der Waals surface area contributed by atoms with Crippen molar-refractivity contribution in [2.24, 2.45) is 0 Å². The van der Waals surface area contributed by atoms with E-state index < -0.39 is 0 Å². The fraction of sp³-hybridized carbons (Fsp3) is 0.476. The Kier molecular flexibility index (Phi) is 5.56. The predicted molar refractivity (Wildman–Crippen MR) is 118 cm³/mol. The summed E-state index contributed by atoms with van der Waals surface area (Å²) in [5.41, 5.74) is 3.17. The standard InChI is InChI=1S/C21H28N6OS/c1-4-24(5-2)20(28)25-12-10-23(11-13-25)15-26-21(29)27-18-9-7-6-8-17(18)16(3)14-19(27)22-26/h6-9,14H,4-5,10-13,15H2,1-3H3. The number of rotatable bonds is 4. The maximum absolute atomic E-state index is 12.5. The number of amides is 2. The van der Waals surface area contributed by atoms with Crippen molar-refractivity contribution in [2.45, 2.75) is 27.4 Å². The first-order valence-corrected chi connectivity index (χ1v) is 10.7. The molecule has 0 saturated carbocycles. The van der Waals surface area contributed by atoms with E-state index in [1.54, 1.807) is 0 Å². The van der Waals surface area contributed by atoms with Crippen LogP contribution in [0.4, 0.5) is 4.79 Å². The van der Waals surface area contributed by atoms with Crippen molar-refractivity contribution in [2.75, 3.05) is 39.3 Å². The van der Waals surface area contributed by atoms with E-state index in [2.05, 4.69) is 34.4 Å². The van der Waals surface area contributed by atoms with Gasteiger partial charge in [-0.3, -0.25) is 9.30 Å². The summed E-state index contributed by atoms with van der Waals surface area (Å²) in [6, 6.07) is 10.5. The summed E-state index contributed by atoms with van der Waals surface area (Å²) in [7, 11) is 0. The highest BCUT2D eigenvalue weighted by atomic mass is 32.1. The Balaban J connectivity index is 1.53. The minimum absolute atomic E-state index is 0.140. The third-order valence-electron chi connectivity index (χ3n) is 5.79. The van der Waals surface area contributed by atoms with E-state index in [4.69, 9.17) is 17.3 Å². The molecule has 0 radical (unpaired) electrons. The van der Waals surface area contributed by atoms with Gasteiger partial charge in [0, 0.05) is 44.7 Å². The van der Waals surface area contributed by atoms with Crippen molar-refractivity contribution >= 4 is 34.8 Å². The summed E-state index contributed by atoms with van der Waals surface area (Å²) >= 11 is 5.76. The smallest absolute Gasteiger partial charge is 0.320 e. The van der Waals surface area contributed by atoms with Gasteiger partial charge >= 0.3 is 6.03 Å². The van der Waals surface area contributed by atoms with E-state index in [0.717, 1.165) is 50.4 Å². The molecule has 0 N–H and O–H groups in total. The molecule has 0 aliphatic carbocycles. The Bertz CT molecular complexity index is 1090. The molecule has 1 fully saturated rings. The van der Waals surface area contributed by atoms with Gasteiger partial charge in [-0.15, -0.1) is 0 Å². The van der Waals surface area contributed by atoms with Crippen LogP contribution in [0.1, 0.15) is 19.4 Å². The van der Waals surface area contributed by atoms with Crippen LogP contribution in [0.25, 0.3) is 16.6 Å². The van der Waals surface area contributed by atoms with E-state index in [-0.39, 0.29) is 6.03 Å². The molecule has 29 heavy (non-hydrogen) atoms. The molecule has 2 amide bonds. The average Bonchev–Trinajstić information content (AvgIpc) is 3.04. The van der Waals surface area contributed by atoms with Crippen molar-refractivity contribution in [3.8, 4) is 0 Å². The summed E-state index contributed by atoms with van der Waals surface area (Å²) in [6.07, 6.45) is 0. The monoisotopic (exact) mass is 412 g/mol. The van der Waals surface area contributed by atoms with Crippen molar-refractivity contribution in [1.29, 1.82) is 0 Å². The van der Waals surface area contributed by atoms with Crippen molar-refractivity contribution in [3.05, 3.63) is 40.7 Å². The predicted octanol–water partition coefficient (Wildman–Crippen LogP) is 3.36. The Morgan fingerprint density at radius 2 is 1.83 bits per heavy atom. The number of fused-ring (bicyclic) bond motifs is 3. The minimum Gasteiger partial charge on any atom is -0.325 e. The number of para-hydroxylation sites is 1. The average molecular weight is 413 g/mol. The van der Waals surface area contributed by atoms with E-state index in [1.165, 1.54) is 10.9 Å². The zero-order valence-electron chi connectivity index (χ0n) is 17.3. The van der Waals surface area contributed by atoms with Gasteiger partial charge in [0.25, 0.3) is 0 Å². The first-order valence-electron chi connectivity index (χ1n) is 10.3. The molecule has 1 aliphatic heterocycles. The molecule has 8 heteroatoms. The highest BCUT2D eigenvalue weighted by molar-refractivity contribution is 7.71. The van der Waals surface area contributed by atoms with Gasteiger partial charge in [0.05, 0.1) is 12.2 Å². The fourth-order valence-electron chi connectivity index (χ4n) is 4.07. The maximum Gasteiger partial charge on any atom is 0.320 e. The zero-order valence-corrected chi connectivity index (χ0v) is 18.2. The van der Waals surface area contributed by atoms with Crippen LogP contribution in [0.5, 0.6) is 0 Å². The molecule has 2 aromatic heterocycles. The molecule has 0 bridgehead atoms. The molecule has 3 aromatic rings. The summed E-state index contributed by atoms with van der Waals surface area (Å²) in [4.78, 5) is 18.7. The highest BCUT2D eigenvalue weighted by Crippen LogP contribution is 2.21. The largest absolute Gasteiger partial charge is 0.325 e. The number of carbonyl (C=O) groups excluding carboxylic acids is 1. The molecule has 1 aliphatic rings. The summed E-state index contributed by atoms with van der Waals surface area (Å²) in [5.74, 6) is 0. The van der Waals surface area contributed by atoms with Crippen LogP contribution in [0.15, 0.2) is 30.3 Å². The number of hydrogen-bond acceptors (Lipinski definition) is 4. The molecule has 1 saturated heterocycles. The minimum atomic E-state index is 0.140. The van der Waals surface area contributed by atoms with Crippen LogP contribution in [-0.2, 0) is 6.67 Å². The first-order chi connectivity index (χ1) is 14.0. The third-order valence-corrected chi connectivity index (χ3v) is 6.18. The van der Waals surface area contributed by atoms with E-state index in [9.17, 15) is 4.79 Å². The number of nitrogens with zero attached hydrogens (tertiary/aromatic N) is 6. The Morgan fingerprint density at radius 3 is 2.52 bits per heavy atom. The van der Waals surface area contributed by atoms with Gasteiger partial charge in [-0.2, -0.15) is 5.10 Å². The van der Waals surface area contributed by atoms with Crippen LogP contribution in [0.2, 0.25) is 0 Å². The summed E-state index contributed by atoms with van der Waals surface area (Å²) in [6.45, 7) is 11.4. The SMILES string of the molecule is CCN(CC)C(=O)N1CCN(Cn2nc3cc(C)c4ccccc4n3c2=S)CC1. The normalized spacial score (nSPS) is 15.3. The van der Waals surface area contributed by atoms with Gasteiger partial charge in [0.15, 0.2) is 5.65 Å². The van der Waals surface area contributed by atoms with Gasteiger partial charge in [0.1, 0.15) is 0 Å². The highest BCUT2D eigenvalue weighted by Gasteiger charge is 2.24. The fourth-order valence-corrected chi connectivity index (χ4v) is 4.36. The van der Waals surface area contributed by atoms with Crippen molar-refractivity contribution in [3.63, 3.8) is 0 Å². The third kappa shape index (κ3) is 3.62. The number of hydrogen-bond donors (Lipinski definition) is 0. The number of pyridine rings is 1. The molecule has 0 atom stereocenters. The Hall–Kier alpha value is -2.45. The van der Waals surface area contributed by atoms with Crippen LogP contribution < -0.4 is 0 Å². The molecule has 1 aromatic carbocycles. The Morgan fingerprint density at radius 1 is 1.14 bits per heavy atom.